The number of carboxylic acids is 1. The Bertz CT molecular complexity index is 1220. The van der Waals surface area contributed by atoms with Gasteiger partial charge in [0.05, 0.1) is 11.1 Å². The Morgan fingerprint density at radius 3 is 2.45 bits per heavy atom. The second-order valence-corrected chi connectivity index (χ2v) is 7.69. The van der Waals surface area contributed by atoms with E-state index < -0.39 is 23.5 Å². The molecule has 170 valence electrons. The summed E-state index contributed by atoms with van der Waals surface area (Å²) in [4.78, 5) is 15.3. The Balaban J connectivity index is 1.81. The fraction of sp³-hybridized carbons (Fsp3) is 0.200. The van der Waals surface area contributed by atoms with Crippen molar-refractivity contribution in [3.8, 4) is 5.88 Å². The lowest BCUT2D eigenvalue weighted by Crippen LogP contribution is -2.08. The van der Waals surface area contributed by atoms with Crippen molar-refractivity contribution in [2.75, 3.05) is 0 Å². The van der Waals surface area contributed by atoms with Gasteiger partial charge in [0.2, 0.25) is 5.88 Å². The topological polar surface area (TPSA) is 59.4 Å². The van der Waals surface area contributed by atoms with Crippen molar-refractivity contribution >= 4 is 17.1 Å². The molecule has 33 heavy (non-hydrogen) atoms. The van der Waals surface area contributed by atoms with Crippen molar-refractivity contribution in [1.29, 1.82) is 0 Å². The van der Waals surface area contributed by atoms with E-state index in [2.05, 4.69) is 4.98 Å². The van der Waals surface area contributed by atoms with Gasteiger partial charge in [0.25, 0.3) is 0 Å². The van der Waals surface area contributed by atoms with Crippen LogP contribution >= 0.6 is 0 Å². The molecular weight excluding hydrogens is 438 g/mol. The lowest BCUT2D eigenvalue weighted by Gasteiger charge is -2.16. The summed E-state index contributed by atoms with van der Waals surface area (Å²) in [5, 5.41) is 9.27. The number of nitrogens with zero attached hydrogens (tertiary/aromatic N) is 1. The Labute approximate surface area is 187 Å². The average molecular weight is 457 g/mol. The van der Waals surface area contributed by atoms with Gasteiger partial charge in [-0.15, -0.1) is 0 Å². The van der Waals surface area contributed by atoms with Crippen molar-refractivity contribution < 1.29 is 32.2 Å². The molecule has 3 aromatic rings. The first-order valence-electron chi connectivity index (χ1n) is 10.2. The number of ether oxygens (including phenoxy) is 1. The quantitative estimate of drug-likeness (QED) is 0.423. The van der Waals surface area contributed by atoms with Gasteiger partial charge in [0.1, 0.15) is 12.4 Å². The summed E-state index contributed by atoms with van der Waals surface area (Å²) in [6.07, 6.45) is -2.36. The zero-order valence-corrected chi connectivity index (χ0v) is 17.3. The number of halogens is 4. The van der Waals surface area contributed by atoms with Gasteiger partial charge in [-0.1, -0.05) is 30.3 Å². The van der Waals surface area contributed by atoms with Crippen LogP contribution in [-0.2, 0) is 12.8 Å². The van der Waals surface area contributed by atoms with Crippen LogP contribution in [-0.4, -0.2) is 16.1 Å². The van der Waals surface area contributed by atoms with Crippen LogP contribution in [0.15, 0.2) is 60.8 Å². The van der Waals surface area contributed by atoms with Crippen molar-refractivity contribution in [1.82, 2.24) is 4.98 Å². The van der Waals surface area contributed by atoms with Gasteiger partial charge in [0.15, 0.2) is 0 Å². The number of rotatable bonds is 6. The Morgan fingerprint density at radius 1 is 1.03 bits per heavy atom. The molecule has 1 N–H and O–H groups in total. The molecule has 0 unspecified atom stereocenters. The molecule has 8 heteroatoms. The van der Waals surface area contributed by atoms with Crippen LogP contribution < -0.4 is 4.74 Å². The standard InChI is InChI=1S/C25H19F4NO3/c26-19-10-16(9-17(11-19)24(31)32)20-7-4-8-21(20)22-12-18(25(27,28)29)13-30-23(22)33-14-15-5-2-1-3-6-15/h1-3,5-6,9-13H,4,7-8,14H2,(H,31,32). The fourth-order valence-electron chi connectivity index (χ4n) is 3.91. The van der Waals surface area contributed by atoms with Gasteiger partial charge in [-0.05, 0) is 65.8 Å². The summed E-state index contributed by atoms with van der Waals surface area (Å²) in [5.41, 5.74) is 1.30. The van der Waals surface area contributed by atoms with E-state index in [9.17, 15) is 27.5 Å². The zero-order valence-electron chi connectivity index (χ0n) is 17.3. The SMILES string of the molecule is O=C(O)c1cc(F)cc(C2=C(c3cc(C(F)(F)F)cnc3OCc3ccccc3)CCC2)c1. The van der Waals surface area contributed by atoms with E-state index >= 15 is 0 Å². The fourth-order valence-corrected chi connectivity index (χ4v) is 3.91. The van der Waals surface area contributed by atoms with Gasteiger partial charge in [-0.3, -0.25) is 0 Å². The highest BCUT2D eigenvalue weighted by molar-refractivity contribution is 5.96. The van der Waals surface area contributed by atoms with E-state index in [0.717, 1.165) is 23.9 Å². The number of hydrogen-bond donors (Lipinski definition) is 1. The molecule has 0 saturated carbocycles. The largest absolute Gasteiger partial charge is 0.478 e. The maximum Gasteiger partial charge on any atom is 0.417 e. The third-order valence-corrected chi connectivity index (χ3v) is 5.43. The van der Waals surface area contributed by atoms with E-state index in [1.54, 1.807) is 0 Å². The van der Waals surface area contributed by atoms with Gasteiger partial charge in [-0.2, -0.15) is 13.2 Å². The molecule has 4 nitrogen and oxygen atoms in total. The Hall–Kier alpha value is -3.68. The van der Waals surface area contributed by atoms with Crippen LogP contribution in [0.5, 0.6) is 5.88 Å². The van der Waals surface area contributed by atoms with Crippen LogP contribution in [0.25, 0.3) is 11.1 Å². The molecule has 4 rings (SSSR count). The van der Waals surface area contributed by atoms with E-state index in [-0.39, 0.29) is 23.6 Å². The minimum absolute atomic E-state index is 0.0381. The summed E-state index contributed by atoms with van der Waals surface area (Å²) in [6, 6.07) is 13.5. The Morgan fingerprint density at radius 2 is 1.76 bits per heavy atom. The highest BCUT2D eigenvalue weighted by Gasteiger charge is 2.33. The first kappa shape index (κ1) is 22.5. The van der Waals surface area contributed by atoms with E-state index in [1.807, 2.05) is 30.3 Å². The summed E-state index contributed by atoms with van der Waals surface area (Å²) in [5.74, 6) is -1.98. The highest BCUT2D eigenvalue weighted by atomic mass is 19.4. The van der Waals surface area contributed by atoms with Crippen LogP contribution in [0.2, 0.25) is 0 Å². The number of allylic oxidation sites excluding steroid dienone is 2. The third kappa shape index (κ3) is 5.05. The molecule has 0 amide bonds. The molecule has 0 radical (unpaired) electrons. The molecule has 1 aliphatic carbocycles. The van der Waals surface area contributed by atoms with Crippen LogP contribution in [0, 0.1) is 5.82 Å². The number of aromatic carboxylic acids is 1. The lowest BCUT2D eigenvalue weighted by molar-refractivity contribution is -0.137. The number of carboxylic acid groups (broad SMARTS) is 1. The highest BCUT2D eigenvalue weighted by Crippen LogP contribution is 2.44. The predicted molar refractivity (Wildman–Crippen MR) is 114 cm³/mol. The number of carbonyl (C=O) groups is 1. The molecule has 0 spiro atoms. The van der Waals surface area contributed by atoms with Crippen LogP contribution in [0.4, 0.5) is 17.6 Å². The minimum Gasteiger partial charge on any atom is -0.478 e. The molecular formula is C25H19F4NO3. The number of hydrogen-bond acceptors (Lipinski definition) is 3. The van der Waals surface area contributed by atoms with Crippen LogP contribution in [0.3, 0.4) is 0 Å². The second kappa shape index (κ2) is 9.05. The number of benzene rings is 2. The predicted octanol–water partition coefficient (Wildman–Crippen LogP) is 6.61. The van der Waals surface area contributed by atoms with Crippen LogP contribution in [0.1, 0.15) is 51.9 Å². The van der Waals surface area contributed by atoms with Crippen molar-refractivity contribution in [2.24, 2.45) is 0 Å². The van der Waals surface area contributed by atoms with E-state index in [4.69, 9.17) is 4.74 Å². The summed E-state index contributed by atoms with van der Waals surface area (Å²) >= 11 is 0. The maximum atomic E-state index is 14.1. The minimum atomic E-state index is -4.60. The van der Waals surface area contributed by atoms with Gasteiger partial charge in [0, 0.05) is 11.8 Å². The molecule has 1 aliphatic rings. The van der Waals surface area contributed by atoms with Gasteiger partial charge >= 0.3 is 12.1 Å². The molecule has 0 fully saturated rings. The number of alkyl halides is 3. The molecule has 0 atom stereocenters. The van der Waals surface area contributed by atoms with Crippen molar-refractivity contribution in [3.05, 3.63) is 94.4 Å². The molecule has 1 aromatic heterocycles. The first-order chi connectivity index (χ1) is 15.7. The maximum absolute atomic E-state index is 14.1. The molecule has 2 aromatic carbocycles. The third-order valence-electron chi connectivity index (χ3n) is 5.43. The average Bonchev–Trinajstić information content (AvgIpc) is 3.27. The molecule has 0 saturated heterocycles. The smallest absolute Gasteiger partial charge is 0.417 e. The molecule has 0 aliphatic heterocycles. The normalized spacial score (nSPS) is 13.9. The monoisotopic (exact) mass is 457 g/mol. The van der Waals surface area contributed by atoms with Gasteiger partial charge in [-0.25, -0.2) is 14.2 Å². The number of aromatic nitrogens is 1. The summed E-state index contributed by atoms with van der Waals surface area (Å²) in [7, 11) is 0. The van der Waals surface area contributed by atoms with E-state index in [0.29, 0.717) is 36.0 Å². The second-order valence-electron chi connectivity index (χ2n) is 7.69. The van der Waals surface area contributed by atoms with Crippen molar-refractivity contribution in [2.45, 2.75) is 32.0 Å². The van der Waals surface area contributed by atoms with Gasteiger partial charge < -0.3 is 9.84 Å². The lowest BCUT2D eigenvalue weighted by atomic mass is 9.95. The molecule has 1 heterocycles. The Kier molecular flexibility index (Phi) is 6.18. The molecule has 0 bridgehead atoms. The van der Waals surface area contributed by atoms with E-state index in [1.165, 1.54) is 12.1 Å². The summed E-state index contributed by atoms with van der Waals surface area (Å²) in [6.45, 7) is 0.109. The summed E-state index contributed by atoms with van der Waals surface area (Å²) < 4.78 is 60.2. The zero-order chi connectivity index (χ0) is 23.6. The van der Waals surface area contributed by atoms with Crippen molar-refractivity contribution in [3.63, 3.8) is 0 Å². The first-order valence-corrected chi connectivity index (χ1v) is 10.2. The number of pyridine rings is 1.